The molecule has 1 N–H and O–H groups in total. The molecule has 5 rings (SSSR count). The third-order valence-corrected chi connectivity index (χ3v) is 5.35. The third-order valence-electron chi connectivity index (χ3n) is 5.35. The number of benzene rings is 2. The molecule has 0 radical (unpaired) electrons. The number of hydrogen-bond donors (Lipinski definition) is 1. The first kappa shape index (κ1) is 16.3. The van der Waals surface area contributed by atoms with E-state index in [4.69, 9.17) is 4.74 Å². The summed E-state index contributed by atoms with van der Waals surface area (Å²) < 4.78 is 8.64. The van der Waals surface area contributed by atoms with Gasteiger partial charge in [-0.05, 0) is 26.2 Å². The average Bonchev–Trinajstić information content (AvgIpc) is 3.18. The van der Waals surface area contributed by atoms with Gasteiger partial charge in [-0.25, -0.2) is 4.79 Å². The van der Waals surface area contributed by atoms with Crippen LogP contribution < -0.4 is 16.0 Å². The van der Waals surface area contributed by atoms with Gasteiger partial charge in [0.15, 0.2) is 0 Å². The van der Waals surface area contributed by atoms with E-state index in [9.17, 15) is 14.7 Å². The highest BCUT2D eigenvalue weighted by atomic mass is 16.5. The van der Waals surface area contributed by atoms with Crippen LogP contribution in [0, 0.1) is 0 Å². The molecule has 0 amide bonds. The standard InChI is InChI=1S/C20H19N3O4/c1-21(2)8-9-22-19(25)13-5-3-4-12-16-14(23(17(12)13)20(22)26)7-6-11-15(24)10-27-18(11)16/h3-7,15,24H,8-10H2,1-2H3. The number of fused-ring (bicyclic) bond motifs is 5. The number of aliphatic hydroxyl groups excluding tert-OH is 1. The molecule has 1 unspecified atom stereocenters. The molecule has 7 nitrogen and oxygen atoms in total. The van der Waals surface area contributed by atoms with Crippen molar-refractivity contribution >= 4 is 27.2 Å². The lowest BCUT2D eigenvalue weighted by Crippen LogP contribution is -2.39. The molecule has 1 atom stereocenters. The summed E-state index contributed by atoms with van der Waals surface area (Å²) in [5, 5.41) is 12.2. The summed E-state index contributed by atoms with van der Waals surface area (Å²) in [6.45, 7) is 1.11. The van der Waals surface area contributed by atoms with E-state index in [1.807, 2.05) is 37.2 Å². The van der Waals surface area contributed by atoms with Crippen molar-refractivity contribution in [1.29, 1.82) is 0 Å². The van der Waals surface area contributed by atoms with Crippen LogP contribution in [-0.2, 0) is 6.54 Å². The number of para-hydroxylation sites is 1. The summed E-state index contributed by atoms with van der Waals surface area (Å²) in [6, 6.07) is 9.09. The van der Waals surface area contributed by atoms with Gasteiger partial charge in [-0.15, -0.1) is 0 Å². The summed E-state index contributed by atoms with van der Waals surface area (Å²) in [4.78, 5) is 28.2. The summed E-state index contributed by atoms with van der Waals surface area (Å²) in [5.41, 5.74) is 1.40. The molecule has 0 aliphatic carbocycles. The predicted octanol–water partition coefficient (Wildman–Crippen LogP) is 1.19. The Morgan fingerprint density at radius 2 is 1.96 bits per heavy atom. The number of aliphatic hydroxyl groups is 1. The molecule has 138 valence electrons. The van der Waals surface area contributed by atoms with Crippen molar-refractivity contribution in [2.75, 3.05) is 27.2 Å². The van der Waals surface area contributed by atoms with Crippen molar-refractivity contribution in [1.82, 2.24) is 13.9 Å². The van der Waals surface area contributed by atoms with E-state index < -0.39 is 6.10 Å². The lowest BCUT2D eigenvalue weighted by atomic mass is 10.1. The Bertz CT molecular complexity index is 1320. The first-order chi connectivity index (χ1) is 13.0. The van der Waals surface area contributed by atoms with Crippen molar-refractivity contribution in [2.45, 2.75) is 12.6 Å². The molecular weight excluding hydrogens is 346 g/mol. The van der Waals surface area contributed by atoms with E-state index in [1.165, 1.54) is 4.57 Å². The van der Waals surface area contributed by atoms with Crippen LogP contribution in [0.5, 0.6) is 5.75 Å². The van der Waals surface area contributed by atoms with Crippen LogP contribution >= 0.6 is 0 Å². The Kier molecular flexibility index (Phi) is 3.35. The Balaban J connectivity index is 1.97. The topological polar surface area (TPSA) is 76.2 Å². The molecule has 0 fully saturated rings. The van der Waals surface area contributed by atoms with Crippen molar-refractivity contribution in [3.63, 3.8) is 0 Å². The maximum Gasteiger partial charge on any atom is 0.336 e. The van der Waals surface area contributed by atoms with E-state index in [0.29, 0.717) is 35.3 Å². The molecule has 0 saturated carbocycles. The molecule has 2 aromatic heterocycles. The molecule has 2 aromatic carbocycles. The van der Waals surface area contributed by atoms with Gasteiger partial charge in [-0.1, -0.05) is 18.2 Å². The van der Waals surface area contributed by atoms with Crippen LogP contribution in [0.25, 0.3) is 27.2 Å². The van der Waals surface area contributed by atoms with Gasteiger partial charge in [-0.2, -0.15) is 0 Å². The van der Waals surface area contributed by atoms with Gasteiger partial charge < -0.3 is 14.7 Å². The molecule has 0 bridgehead atoms. The molecule has 7 heteroatoms. The van der Waals surface area contributed by atoms with Gasteiger partial charge in [-0.3, -0.25) is 13.8 Å². The number of rotatable bonds is 3. The lowest BCUT2D eigenvalue weighted by Gasteiger charge is -2.12. The smallest absolute Gasteiger partial charge is 0.336 e. The second kappa shape index (κ2) is 5.55. The lowest BCUT2D eigenvalue weighted by molar-refractivity contribution is 0.141. The molecule has 0 spiro atoms. The molecular formula is C20H19N3O4. The van der Waals surface area contributed by atoms with E-state index in [-0.39, 0.29) is 17.9 Å². The SMILES string of the molecule is CN(C)CCn1c(=O)c2cccc3c4c5c(ccc4n(c1=O)c23)C(O)CO5. The highest BCUT2D eigenvalue weighted by Gasteiger charge is 2.28. The summed E-state index contributed by atoms with van der Waals surface area (Å²) in [5.74, 6) is 0.600. The normalized spacial score (nSPS) is 16.7. The van der Waals surface area contributed by atoms with E-state index in [1.54, 1.807) is 16.5 Å². The monoisotopic (exact) mass is 365 g/mol. The minimum absolute atomic E-state index is 0.197. The van der Waals surface area contributed by atoms with Crippen molar-refractivity contribution in [2.24, 2.45) is 0 Å². The number of nitrogens with zero attached hydrogens (tertiary/aromatic N) is 3. The fraction of sp³-hybridized carbons (Fsp3) is 0.300. The minimum Gasteiger partial charge on any atom is -0.489 e. The van der Waals surface area contributed by atoms with Gasteiger partial charge in [0.25, 0.3) is 5.56 Å². The average molecular weight is 365 g/mol. The second-order valence-corrected chi connectivity index (χ2v) is 7.28. The maximum absolute atomic E-state index is 13.2. The zero-order valence-electron chi connectivity index (χ0n) is 15.1. The van der Waals surface area contributed by atoms with Crippen LogP contribution in [0.2, 0.25) is 0 Å². The Morgan fingerprint density at radius 3 is 2.74 bits per heavy atom. The number of aromatic nitrogens is 2. The van der Waals surface area contributed by atoms with Crippen LogP contribution in [0.3, 0.4) is 0 Å². The quantitative estimate of drug-likeness (QED) is 0.590. The first-order valence-corrected chi connectivity index (χ1v) is 8.91. The van der Waals surface area contributed by atoms with Gasteiger partial charge >= 0.3 is 5.69 Å². The third kappa shape index (κ3) is 2.09. The van der Waals surface area contributed by atoms with Crippen LogP contribution in [0.4, 0.5) is 0 Å². The van der Waals surface area contributed by atoms with Crippen molar-refractivity contribution in [3.8, 4) is 5.75 Å². The summed E-state index contributed by atoms with van der Waals surface area (Å²) in [7, 11) is 3.81. The minimum atomic E-state index is -0.676. The zero-order valence-corrected chi connectivity index (χ0v) is 15.1. The second-order valence-electron chi connectivity index (χ2n) is 7.28. The maximum atomic E-state index is 13.2. The van der Waals surface area contributed by atoms with Crippen molar-refractivity contribution in [3.05, 3.63) is 56.7 Å². The molecule has 4 aromatic rings. The summed E-state index contributed by atoms with van der Waals surface area (Å²) >= 11 is 0. The van der Waals surface area contributed by atoms with Crippen LogP contribution in [0.15, 0.2) is 39.9 Å². The number of hydrogen-bond acceptors (Lipinski definition) is 5. The van der Waals surface area contributed by atoms with E-state index in [2.05, 4.69) is 0 Å². The number of ether oxygens (including phenoxy) is 1. The largest absolute Gasteiger partial charge is 0.489 e. The molecule has 1 aliphatic rings. The van der Waals surface area contributed by atoms with E-state index in [0.717, 1.165) is 16.3 Å². The molecule has 1 aliphatic heterocycles. The fourth-order valence-corrected chi connectivity index (χ4v) is 4.03. The fourth-order valence-electron chi connectivity index (χ4n) is 4.03. The van der Waals surface area contributed by atoms with Gasteiger partial charge in [0.1, 0.15) is 18.5 Å². The van der Waals surface area contributed by atoms with Crippen LogP contribution in [0.1, 0.15) is 11.7 Å². The first-order valence-electron chi connectivity index (χ1n) is 8.91. The Morgan fingerprint density at radius 1 is 1.19 bits per heavy atom. The van der Waals surface area contributed by atoms with Crippen molar-refractivity contribution < 1.29 is 9.84 Å². The Labute approximate surface area is 154 Å². The molecule has 3 heterocycles. The highest BCUT2D eigenvalue weighted by Crippen LogP contribution is 2.43. The molecule has 0 saturated heterocycles. The summed E-state index contributed by atoms with van der Waals surface area (Å²) in [6.07, 6.45) is -0.676. The van der Waals surface area contributed by atoms with Gasteiger partial charge in [0, 0.05) is 24.0 Å². The molecule has 27 heavy (non-hydrogen) atoms. The van der Waals surface area contributed by atoms with E-state index >= 15 is 0 Å². The Hall–Kier alpha value is -2.90. The van der Waals surface area contributed by atoms with Gasteiger partial charge in [0.05, 0.1) is 21.8 Å². The van der Waals surface area contributed by atoms with Crippen LogP contribution in [-0.4, -0.2) is 46.2 Å². The number of likely N-dealkylation sites (N-methyl/N-ethyl adjacent to an activating group) is 1. The zero-order chi connectivity index (χ0) is 18.9. The van der Waals surface area contributed by atoms with Gasteiger partial charge in [0.2, 0.25) is 0 Å². The predicted molar refractivity (Wildman–Crippen MR) is 103 cm³/mol. The highest BCUT2D eigenvalue weighted by molar-refractivity contribution is 6.16.